The highest BCUT2D eigenvalue weighted by Crippen LogP contribution is 2.56. The fourth-order valence-electron chi connectivity index (χ4n) is 3.55. The van der Waals surface area contributed by atoms with Crippen LogP contribution in [0.1, 0.15) is 37.3 Å². The summed E-state index contributed by atoms with van der Waals surface area (Å²) in [5.41, 5.74) is 6.55. The number of aromatic nitrogens is 4. The SMILES string of the molecule is CC1(C)S[C@H]2C(NC(=O)C(N)c3ccc(O)cc3)C(=O)N2C1c1nnn[nH]1.O.O.O. The number of nitrogens with two attached hydrogens (primary N) is 1. The van der Waals surface area contributed by atoms with E-state index in [2.05, 4.69) is 25.9 Å². The second-order valence-electron chi connectivity index (χ2n) is 7.10. The number of phenols is 1. The van der Waals surface area contributed by atoms with Gasteiger partial charge in [0.25, 0.3) is 0 Å². The summed E-state index contributed by atoms with van der Waals surface area (Å²) in [6.45, 7) is 4.02. The maximum atomic E-state index is 12.7. The molecule has 2 fully saturated rings. The van der Waals surface area contributed by atoms with Gasteiger partial charge in [-0.25, -0.2) is 5.10 Å². The zero-order valence-corrected chi connectivity index (χ0v) is 17.0. The molecule has 11 N–H and O–H groups in total. The molecule has 14 heteroatoms. The van der Waals surface area contributed by atoms with E-state index in [1.54, 1.807) is 28.8 Å². The second kappa shape index (κ2) is 8.93. The monoisotopic (exact) mass is 443 g/mol. The van der Waals surface area contributed by atoms with Gasteiger partial charge >= 0.3 is 0 Å². The van der Waals surface area contributed by atoms with Crippen LogP contribution in [0, 0.1) is 0 Å². The summed E-state index contributed by atoms with van der Waals surface area (Å²) in [5.74, 6) is -0.0183. The zero-order valence-electron chi connectivity index (χ0n) is 16.2. The van der Waals surface area contributed by atoms with Crippen LogP contribution in [0.4, 0.5) is 0 Å². The number of aromatic hydroxyl groups is 1. The van der Waals surface area contributed by atoms with E-state index in [9.17, 15) is 14.7 Å². The number of β-lactam (4-membered cyclic amide) rings is 1. The van der Waals surface area contributed by atoms with Gasteiger partial charge in [-0.05, 0) is 42.0 Å². The largest absolute Gasteiger partial charge is 0.508 e. The maximum Gasteiger partial charge on any atom is 0.249 e. The lowest BCUT2D eigenvalue weighted by atomic mass is 9.95. The molecule has 4 rings (SSSR count). The Morgan fingerprint density at radius 2 is 1.93 bits per heavy atom. The molecule has 0 spiro atoms. The average Bonchev–Trinajstić information content (AvgIpc) is 3.23. The van der Waals surface area contributed by atoms with Crippen molar-refractivity contribution in [3.05, 3.63) is 35.7 Å². The zero-order chi connectivity index (χ0) is 19.3. The molecule has 2 aromatic rings. The Kier molecular flexibility index (Phi) is 7.52. The molecule has 4 atom stereocenters. The number of H-pyrrole nitrogens is 1. The van der Waals surface area contributed by atoms with Gasteiger partial charge in [-0.3, -0.25) is 9.59 Å². The van der Waals surface area contributed by atoms with Gasteiger partial charge in [-0.2, -0.15) is 0 Å². The molecular formula is C16H25N7O6S. The number of nitrogens with zero attached hydrogens (tertiary/aromatic N) is 4. The first kappa shape index (κ1) is 25.3. The number of fused-ring (bicyclic) bond motifs is 1. The standard InChI is InChI=1S/C16H19N7O3S.3H2O/c1-16(2)11(12-19-21-22-20-12)23-14(26)10(15(23)27-16)18-13(25)9(17)7-3-5-8(24)6-4-7;;;/h3-6,9-11,15,24H,17H2,1-2H3,(H,18,25)(H,19,20,21,22);3*1H2/t9?,10?,11?,15-;;;/m0.../s1. The molecule has 0 saturated carbocycles. The highest BCUT2D eigenvalue weighted by atomic mass is 32.2. The van der Waals surface area contributed by atoms with Gasteiger partial charge in [-0.15, -0.1) is 16.9 Å². The summed E-state index contributed by atoms with van der Waals surface area (Å²) in [7, 11) is 0. The number of phenolic OH excluding ortho intramolecular Hbond substituents is 1. The van der Waals surface area contributed by atoms with Crippen LogP contribution >= 0.6 is 11.8 Å². The van der Waals surface area contributed by atoms with Crippen LogP contribution in [-0.2, 0) is 9.59 Å². The van der Waals surface area contributed by atoms with Crippen molar-refractivity contribution in [3.8, 4) is 5.75 Å². The molecule has 0 aliphatic carbocycles. The molecule has 13 nitrogen and oxygen atoms in total. The van der Waals surface area contributed by atoms with Crippen LogP contribution in [0.2, 0.25) is 0 Å². The van der Waals surface area contributed by atoms with Gasteiger partial charge in [0.15, 0.2) is 5.82 Å². The predicted molar refractivity (Wildman–Crippen MR) is 107 cm³/mol. The van der Waals surface area contributed by atoms with Gasteiger partial charge in [0.2, 0.25) is 11.8 Å². The smallest absolute Gasteiger partial charge is 0.249 e. The molecular weight excluding hydrogens is 418 g/mol. The number of carbonyl (C=O) groups excluding carboxylic acids is 2. The molecule has 2 amide bonds. The maximum absolute atomic E-state index is 12.7. The summed E-state index contributed by atoms with van der Waals surface area (Å²) >= 11 is 1.59. The Balaban J connectivity index is 0.00000150. The Labute approximate surface area is 175 Å². The predicted octanol–water partition coefficient (Wildman–Crippen LogP) is -2.65. The number of hydrogen-bond donors (Lipinski definition) is 4. The van der Waals surface area contributed by atoms with E-state index in [-0.39, 0.29) is 44.2 Å². The molecule has 0 radical (unpaired) electrons. The summed E-state index contributed by atoms with van der Waals surface area (Å²) in [6.07, 6.45) is 0. The first-order valence-electron chi connectivity index (χ1n) is 8.38. The molecule has 3 heterocycles. The quantitative estimate of drug-likeness (QED) is 0.362. The highest BCUT2D eigenvalue weighted by molar-refractivity contribution is 8.01. The number of carbonyl (C=O) groups is 2. The van der Waals surface area contributed by atoms with Gasteiger partial charge in [-0.1, -0.05) is 12.1 Å². The molecule has 0 bridgehead atoms. The third-order valence-electron chi connectivity index (χ3n) is 4.89. The summed E-state index contributed by atoms with van der Waals surface area (Å²) < 4.78 is -0.319. The Morgan fingerprint density at radius 1 is 1.30 bits per heavy atom. The van der Waals surface area contributed by atoms with Crippen LogP contribution < -0.4 is 11.1 Å². The Bertz CT molecular complexity index is 879. The Morgan fingerprint density at radius 3 is 2.50 bits per heavy atom. The van der Waals surface area contributed by atoms with E-state index in [1.165, 1.54) is 12.1 Å². The minimum absolute atomic E-state index is 0. The van der Waals surface area contributed by atoms with Crippen molar-refractivity contribution in [2.24, 2.45) is 5.73 Å². The lowest BCUT2D eigenvalue weighted by molar-refractivity contribution is -0.152. The first-order valence-corrected chi connectivity index (χ1v) is 9.26. The lowest BCUT2D eigenvalue weighted by Gasteiger charge is -2.44. The molecule has 3 unspecified atom stereocenters. The molecule has 2 aliphatic rings. The van der Waals surface area contributed by atoms with Crippen molar-refractivity contribution in [3.63, 3.8) is 0 Å². The van der Waals surface area contributed by atoms with Crippen LogP contribution in [0.15, 0.2) is 24.3 Å². The first-order chi connectivity index (χ1) is 12.8. The molecule has 2 aliphatic heterocycles. The second-order valence-corrected chi connectivity index (χ2v) is 8.87. The van der Waals surface area contributed by atoms with E-state index < -0.39 is 18.0 Å². The van der Waals surface area contributed by atoms with Crippen molar-refractivity contribution in [1.82, 2.24) is 30.8 Å². The number of thioether (sulfide) groups is 1. The number of amides is 2. The van der Waals surface area contributed by atoms with Crippen LogP contribution in [0.3, 0.4) is 0 Å². The van der Waals surface area contributed by atoms with E-state index in [0.717, 1.165) is 0 Å². The highest BCUT2D eigenvalue weighted by Gasteiger charge is 2.63. The Hall–Kier alpha value is -2.78. The number of tetrazole rings is 1. The van der Waals surface area contributed by atoms with Crippen molar-refractivity contribution < 1.29 is 31.1 Å². The number of aromatic amines is 1. The van der Waals surface area contributed by atoms with Crippen LogP contribution in [0.25, 0.3) is 0 Å². The van der Waals surface area contributed by atoms with Crippen molar-refractivity contribution in [2.75, 3.05) is 0 Å². The van der Waals surface area contributed by atoms with Crippen LogP contribution in [-0.4, -0.2) is 75.0 Å². The fourth-order valence-corrected chi connectivity index (χ4v) is 5.18. The molecule has 30 heavy (non-hydrogen) atoms. The number of hydrogen-bond acceptors (Lipinski definition) is 8. The van der Waals surface area contributed by atoms with Crippen molar-refractivity contribution in [1.29, 1.82) is 0 Å². The molecule has 2 saturated heterocycles. The number of rotatable bonds is 4. The van der Waals surface area contributed by atoms with Gasteiger partial charge in [0.1, 0.15) is 29.2 Å². The minimum Gasteiger partial charge on any atom is -0.508 e. The van der Waals surface area contributed by atoms with Crippen molar-refractivity contribution >= 4 is 23.6 Å². The molecule has 166 valence electrons. The summed E-state index contributed by atoms with van der Waals surface area (Å²) in [5, 5.41) is 25.8. The van der Waals surface area contributed by atoms with E-state index >= 15 is 0 Å². The van der Waals surface area contributed by atoms with Gasteiger partial charge in [0, 0.05) is 4.75 Å². The summed E-state index contributed by atoms with van der Waals surface area (Å²) in [6, 6.07) is 4.21. The van der Waals surface area contributed by atoms with E-state index in [0.29, 0.717) is 11.4 Å². The topological polar surface area (TPSA) is 245 Å². The average molecular weight is 443 g/mol. The third-order valence-corrected chi connectivity index (χ3v) is 6.47. The molecule has 1 aromatic heterocycles. The normalized spacial score (nSPS) is 24.3. The number of nitrogens with one attached hydrogen (secondary N) is 2. The van der Waals surface area contributed by atoms with Gasteiger partial charge < -0.3 is 37.5 Å². The lowest BCUT2D eigenvalue weighted by Crippen LogP contribution is -2.68. The number of benzene rings is 1. The fraction of sp³-hybridized carbons (Fsp3) is 0.438. The van der Waals surface area contributed by atoms with Crippen LogP contribution in [0.5, 0.6) is 5.75 Å². The third kappa shape index (κ3) is 3.95. The van der Waals surface area contributed by atoms with E-state index in [1.807, 2.05) is 13.8 Å². The van der Waals surface area contributed by atoms with Crippen molar-refractivity contribution in [2.45, 2.75) is 42.1 Å². The summed E-state index contributed by atoms with van der Waals surface area (Å²) in [4.78, 5) is 26.9. The molecule has 1 aromatic carbocycles. The van der Waals surface area contributed by atoms with E-state index in [4.69, 9.17) is 5.73 Å². The minimum atomic E-state index is -0.930. The van der Waals surface area contributed by atoms with Gasteiger partial charge in [0.05, 0.1) is 0 Å².